The summed E-state index contributed by atoms with van der Waals surface area (Å²) in [5, 5.41) is 0. The van der Waals surface area contributed by atoms with Crippen molar-refractivity contribution in [2.45, 2.75) is 44.6 Å². The molecule has 0 saturated heterocycles. The maximum Gasteiger partial charge on any atom is 0.241 e. The van der Waals surface area contributed by atoms with Gasteiger partial charge in [-0.25, -0.2) is 23.1 Å². The Kier molecular flexibility index (Phi) is 4.09. The van der Waals surface area contributed by atoms with Crippen molar-refractivity contribution in [3.63, 3.8) is 0 Å². The summed E-state index contributed by atoms with van der Waals surface area (Å²) < 4.78 is 27.8. The van der Waals surface area contributed by atoms with E-state index in [2.05, 4.69) is 14.7 Å². The first-order valence-electron chi connectivity index (χ1n) is 7.90. The van der Waals surface area contributed by atoms with Crippen LogP contribution in [0.25, 0.3) is 0 Å². The topological polar surface area (TPSA) is 75.2 Å². The summed E-state index contributed by atoms with van der Waals surface area (Å²) in [6.07, 6.45) is 2.70. The van der Waals surface area contributed by atoms with Crippen LogP contribution >= 0.6 is 0 Å². The minimum atomic E-state index is -3.56. The summed E-state index contributed by atoms with van der Waals surface area (Å²) in [6, 6.07) is 6.97. The third-order valence-electron chi connectivity index (χ3n) is 3.70. The molecule has 0 aliphatic carbocycles. The Hall–Kier alpha value is -1.99. The minimum Gasteiger partial charge on any atom is -0.326 e. The van der Waals surface area contributed by atoms with Gasteiger partial charge in [0.2, 0.25) is 10.0 Å². The van der Waals surface area contributed by atoms with Gasteiger partial charge in [-0.05, 0) is 52.3 Å². The first kappa shape index (κ1) is 16.9. The van der Waals surface area contributed by atoms with Gasteiger partial charge in [-0.15, -0.1) is 0 Å². The summed E-state index contributed by atoms with van der Waals surface area (Å²) in [6.45, 7) is 8.09. The van der Waals surface area contributed by atoms with Crippen molar-refractivity contribution in [3.05, 3.63) is 41.9 Å². The van der Waals surface area contributed by atoms with Crippen LogP contribution in [0.3, 0.4) is 0 Å². The summed E-state index contributed by atoms with van der Waals surface area (Å²) >= 11 is 0. The molecule has 2 heterocycles. The Bertz CT molecular complexity index is 872. The lowest BCUT2D eigenvalue weighted by Crippen LogP contribution is -2.40. The van der Waals surface area contributed by atoms with Crippen molar-refractivity contribution >= 4 is 21.5 Å². The summed E-state index contributed by atoms with van der Waals surface area (Å²) in [7, 11) is -3.56. The molecule has 1 aromatic heterocycles. The first-order valence-corrected chi connectivity index (χ1v) is 9.38. The largest absolute Gasteiger partial charge is 0.326 e. The Morgan fingerprint density at radius 3 is 2.71 bits per heavy atom. The summed E-state index contributed by atoms with van der Waals surface area (Å²) in [5.74, 6) is 1.57. The molecule has 1 aliphatic rings. The van der Waals surface area contributed by atoms with Gasteiger partial charge in [-0.2, -0.15) is 0 Å². The maximum absolute atomic E-state index is 12.6. The third kappa shape index (κ3) is 3.42. The number of hydrogen-bond donors (Lipinski definition) is 1. The molecular weight excluding hydrogens is 324 g/mol. The Balaban J connectivity index is 1.98. The fourth-order valence-corrected chi connectivity index (χ4v) is 4.22. The first-order chi connectivity index (χ1) is 11.2. The van der Waals surface area contributed by atoms with Crippen LogP contribution in [0.5, 0.6) is 0 Å². The minimum absolute atomic E-state index is 0.258. The molecule has 0 radical (unpaired) electrons. The van der Waals surface area contributed by atoms with Crippen LogP contribution in [0, 0.1) is 6.92 Å². The molecule has 0 atom stereocenters. The van der Waals surface area contributed by atoms with Gasteiger partial charge in [0.25, 0.3) is 0 Å². The molecule has 0 fully saturated rings. The van der Waals surface area contributed by atoms with Crippen LogP contribution in [0.4, 0.5) is 11.5 Å². The molecule has 3 rings (SSSR count). The Labute approximate surface area is 143 Å². The van der Waals surface area contributed by atoms with Crippen LogP contribution < -0.4 is 9.62 Å². The number of hydrogen-bond acceptors (Lipinski definition) is 5. The zero-order valence-corrected chi connectivity index (χ0v) is 15.2. The van der Waals surface area contributed by atoms with E-state index in [1.165, 1.54) is 0 Å². The fourth-order valence-electron chi connectivity index (χ4n) is 2.76. The number of benzene rings is 1. The van der Waals surface area contributed by atoms with E-state index in [0.717, 1.165) is 30.0 Å². The van der Waals surface area contributed by atoms with Crippen molar-refractivity contribution in [2.75, 3.05) is 11.4 Å². The van der Waals surface area contributed by atoms with E-state index in [9.17, 15) is 8.42 Å². The highest BCUT2D eigenvalue weighted by Crippen LogP contribution is 2.33. The Morgan fingerprint density at radius 1 is 1.25 bits per heavy atom. The highest BCUT2D eigenvalue weighted by atomic mass is 32.2. The number of nitrogens with zero attached hydrogens (tertiary/aromatic N) is 3. The zero-order valence-electron chi connectivity index (χ0n) is 14.4. The van der Waals surface area contributed by atoms with E-state index < -0.39 is 15.6 Å². The summed E-state index contributed by atoms with van der Waals surface area (Å²) in [4.78, 5) is 11.0. The second-order valence-electron chi connectivity index (χ2n) is 7.02. The molecule has 1 aliphatic heterocycles. The smallest absolute Gasteiger partial charge is 0.241 e. The van der Waals surface area contributed by atoms with E-state index in [1.54, 1.807) is 18.2 Å². The number of anilines is 2. The van der Waals surface area contributed by atoms with E-state index in [0.29, 0.717) is 5.82 Å². The van der Waals surface area contributed by atoms with Crippen molar-refractivity contribution in [1.82, 2.24) is 14.7 Å². The molecule has 0 bridgehead atoms. The number of aryl methyl sites for hydroxylation is 1. The predicted molar refractivity (Wildman–Crippen MR) is 94.0 cm³/mol. The predicted octanol–water partition coefficient (Wildman–Crippen LogP) is 2.56. The van der Waals surface area contributed by atoms with E-state index in [-0.39, 0.29) is 4.90 Å². The van der Waals surface area contributed by atoms with Crippen molar-refractivity contribution < 1.29 is 8.42 Å². The van der Waals surface area contributed by atoms with Gasteiger partial charge in [-0.3, -0.25) is 0 Å². The molecule has 1 aromatic carbocycles. The van der Waals surface area contributed by atoms with Crippen molar-refractivity contribution in [3.8, 4) is 0 Å². The van der Waals surface area contributed by atoms with Gasteiger partial charge in [0.15, 0.2) is 0 Å². The van der Waals surface area contributed by atoms with Gasteiger partial charge in [-0.1, -0.05) is 6.07 Å². The molecule has 128 valence electrons. The zero-order chi connectivity index (χ0) is 17.5. The van der Waals surface area contributed by atoms with Crippen LogP contribution in [0.1, 0.15) is 32.2 Å². The lowest BCUT2D eigenvalue weighted by atomic mass is 10.1. The summed E-state index contributed by atoms with van der Waals surface area (Å²) in [5.41, 5.74) is 1.38. The third-order valence-corrected chi connectivity index (χ3v) is 5.46. The van der Waals surface area contributed by atoms with Gasteiger partial charge < -0.3 is 4.90 Å². The van der Waals surface area contributed by atoms with Gasteiger partial charge in [0.1, 0.15) is 11.6 Å². The number of sulfonamides is 1. The SMILES string of the molecule is Cc1ncc2c(n1)N(c1cccc(S(=O)(=O)NC(C)(C)C)c1)CC2. The van der Waals surface area contributed by atoms with E-state index in [1.807, 2.05) is 44.9 Å². The molecule has 2 aromatic rings. The fraction of sp³-hybridized carbons (Fsp3) is 0.412. The number of fused-ring (bicyclic) bond motifs is 1. The van der Waals surface area contributed by atoms with Gasteiger partial charge in [0, 0.05) is 29.5 Å². The monoisotopic (exact) mass is 346 g/mol. The second-order valence-corrected chi connectivity index (χ2v) is 8.70. The molecule has 0 saturated carbocycles. The van der Waals surface area contributed by atoms with Crippen LogP contribution in [-0.2, 0) is 16.4 Å². The average molecular weight is 346 g/mol. The number of aromatic nitrogens is 2. The van der Waals surface area contributed by atoms with E-state index in [4.69, 9.17) is 0 Å². The molecule has 1 N–H and O–H groups in total. The second kappa shape index (κ2) is 5.82. The molecule has 0 spiro atoms. The quantitative estimate of drug-likeness (QED) is 0.924. The molecular formula is C17H22N4O2S. The maximum atomic E-state index is 12.6. The Morgan fingerprint density at radius 2 is 2.00 bits per heavy atom. The molecule has 7 heteroatoms. The molecule has 0 unspecified atom stereocenters. The highest BCUT2D eigenvalue weighted by molar-refractivity contribution is 7.89. The van der Waals surface area contributed by atoms with E-state index >= 15 is 0 Å². The normalized spacial score (nSPS) is 14.8. The van der Waals surface area contributed by atoms with Crippen LogP contribution in [-0.4, -0.2) is 30.5 Å². The van der Waals surface area contributed by atoms with Crippen molar-refractivity contribution in [1.29, 1.82) is 0 Å². The lowest BCUT2D eigenvalue weighted by Gasteiger charge is -2.22. The molecule has 6 nitrogen and oxygen atoms in total. The van der Waals surface area contributed by atoms with Gasteiger partial charge in [0.05, 0.1) is 4.90 Å². The van der Waals surface area contributed by atoms with Gasteiger partial charge >= 0.3 is 0 Å². The lowest BCUT2D eigenvalue weighted by molar-refractivity contribution is 0.491. The van der Waals surface area contributed by atoms with Crippen LogP contribution in [0.15, 0.2) is 35.4 Å². The molecule has 0 amide bonds. The average Bonchev–Trinajstić information content (AvgIpc) is 2.88. The standard InChI is InChI=1S/C17H22N4O2S/c1-12-18-11-13-8-9-21(16(13)19-12)14-6-5-7-15(10-14)24(22,23)20-17(2,3)4/h5-7,10-11,20H,8-9H2,1-4H3. The van der Waals surface area contributed by atoms with Crippen molar-refractivity contribution in [2.24, 2.45) is 0 Å². The number of nitrogens with one attached hydrogen (secondary N) is 1. The highest BCUT2D eigenvalue weighted by Gasteiger charge is 2.26. The molecule has 24 heavy (non-hydrogen) atoms. The van der Waals surface area contributed by atoms with Crippen LogP contribution in [0.2, 0.25) is 0 Å². The number of rotatable bonds is 3.